The van der Waals surface area contributed by atoms with E-state index in [0.29, 0.717) is 12.5 Å². The smallest absolute Gasteiger partial charge is 0.211 e. The van der Waals surface area contributed by atoms with Crippen molar-refractivity contribution in [3.63, 3.8) is 0 Å². The topological polar surface area (TPSA) is 70.0 Å². The van der Waals surface area contributed by atoms with E-state index in [1.165, 1.54) is 31.4 Å². The molecule has 1 fully saturated rings. The summed E-state index contributed by atoms with van der Waals surface area (Å²) in [6, 6.07) is 5.25. The fraction of sp³-hybridized carbons (Fsp3) is 0.533. The molecule has 0 aromatic heterocycles. The van der Waals surface area contributed by atoms with Gasteiger partial charge < -0.3 is 0 Å². The van der Waals surface area contributed by atoms with Gasteiger partial charge in [-0.25, -0.2) is 17.5 Å². The third-order valence-electron chi connectivity index (χ3n) is 3.95. The molecule has 1 aromatic rings. The monoisotopic (exact) mass is 310 g/mol. The van der Waals surface area contributed by atoms with Gasteiger partial charge in [-0.1, -0.05) is 38.2 Å². The van der Waals surface area contributed by atoms with E-state index in [4.69, 9.17) is 5.26 Å². The molecular formula is C15H19FN2O2S. The first kappa shape index (κ1) is 15.9. The molecule has 4 nitrogen and oxygen atoms in total. The van der Waals surface area contributed by atoms with Crippen molar-refractivity contribution in [2.45, 2.75) is 43.4 Å². The molecule has 2 rings (SSSR count). The van der Waals surface area contributed by atoms with Crippen LogP contribution in [0.3, 0.4) is 0 Å². The normalized spacial score (nSPS) is 16.6. The summed E-state index contributed by atoms with van der Waals surface area (Å²) in [6.45, 7) is 0.328. The molecule has 6 heteroatoms. The standard InChI is InChI=1S/C15H19FN2O2S/c16-14-7-4-8-15(13(14)11-17)21(19,20)18-10-9-12-5-2-1-3-6-12/h4,7-8,12,18H,1-3,5-6,9-10H2. The summed E-state index contributed by atoms with van der Waals surface area (Å²) in [5.74, 6) is -0.253. The second-order valence-corrected chi connectivity index (χ2v) is 7.15. The highest BCUT2D eigenvalue weighted by Gasteiger charge is 2.21. The number of halogens is 1. The SMILES string of the molecule is N#Cc1c(F)cccc1S(=O)(=O)NCCC1CCCCC1. The summed E-state index contributed by atoms with van der Waals surface area (Å²) in [5.41, 5.74) is -0.428. The lowest BCUT2D eigenvalue weighted by atomic mass is 9.87. The molecule has 0 aliphatic heterocycles. The first-order chi connectivity index (χ1) is 10.0. The molecule has 1 aromatic carbocycles. The van der Waals surface area contributed by atoms with Crippen LogP contribution >= 0.6 is 0 Å². The second-order valence-electron chi connectivity index (χ2n) is 5.42. The van der Waals surface area contributed by atoms with Crippen molar-refractivity contribution in [3.8, 4) is 6.07 Å². The summed E-state index contributed by atoms with van der Waals surface area (Å²) >= 11 is 0. The largest absolute Gasteiger partial charge is 0.241 e. The number of sulfonamides is 1. The van der Waals surface area contributed by atoms with Gasteiger partial charge in [0.1, 0.15) is 22.3 Å². The van der Waals surface area contributed by atoms with Gasteiger partial charge in [0.05, 0.1) is 0 Å². The third-order valence-corrected chi connectivity index (χ3v) is 5.45. The van der Waals surface area contributed by atoms with Crippen LogP contribution in [0.5, 0.6) is 0 Å². The molecule has 0 saturated heterocycles. The Morgan fingerprint density at radius 3 is 2.67 bits per heavy atom. The van der Waals surface area contributed by atoms with Crippen molar-refractivity contribution in [1.82, 2.24) is 4.72 Å². The van der Waals surface area contributed by atoms with Crippen LogP contribution in [0.2, 0.25) is 0 Å². The first-order valence-corrected chi connectivity index (χ1v) is 8.71. The zero-order chi connectivity index (χ0) is 15.3. The molecule has 0 atom stereocenters. The Morgan fingerprint density at radius 2 is 2.00 bits per heavy atom. The molecule has 1 aliphatic rings. The zero-order valence-electron chi connectivity index (χ0n) is 11.8. The minimum Gasteiger partial charge on any atom is -0.211 e. The van der Waals surface area contributed by atoms with Gasteiger partial charge in [0.2, 0.25) is 10.0 Å². The van der Waals surface area contributed by atoms with Crippen molar-refractivity contribution >= 4 is 10.0 Å². The lowest BCUT2D eigenvalue weighted by Gasteiger charge is -2.21. The van der Waals surface area contributed by atoms with Gasteiger partial charge in [-0.05, 0) is 24.5 Å². The predicted molar refractivity (Wildman–Crippen MR) is 77.5 cm³/mol. The highest BCUT2D eigenvalue weighted by atomic mass is 32.2. The predicted octanol–water partition coefficient (Wildman–Crippen LogP) is 2.95. The fourth-order valence-corrected chi connectivity index (χ4v) is 4.00. The minimum absolute atomic E-state index is 0.284. The Labute approximate surface area is 125 Å². The fourth-order valence-electron chi connectivity index (χ4n) is 2.79. The van der Waals surface area contributed by atoms with E-state index in [1.807, 2.05) is 0 Å². The Hall–Kier alpha value is -1.45. The van der Waals surface area contributed by atoms with E-state index >= 15 is 0 Å². The highest BCUT2D eigenvalue weighted by molar-refractivity contribution is 7.89. The van der Waals surface area contributed by atoms with Crippen LogP contribution in [0, 0.1) is 23.1 Å². The molecule has 0 radical (unpaired) electrons. The van der Waals surface area contributed by atoms with Crippen LogP contribution in [0.4, 0.5) is 4.39 Å². The van der Waals surface area contributed by atoms with Crippen molar-refractivity contribution in [2.24, 2.45) is 5.92 Å². The molecule has 0 spiro atoms. The van der Waals surface area contributed by atoms with Gasteiger partial charge in [0, 0.05) is 6.54 Å². The third kappa shape index (κ3) is 4.02. The maximum atomic E-state index is 13.5. The number of nitrogens with zero attached hydrogens (tertiary/aromatic N) is 1. The van der Waals surface area contributed by atoms with Gasteiger partial charge in [0.15, 0.2) is 0 Å². The van der Waals surface area contributed by atoms with E-state index in [2.05, 4.69) is 4.72 Å². The first-order valence-electron chi connectivity index (χ1n) is 7.23. The van der Waals surface area contributed by atoms with Gasteiger partial charge >= 0.3 is 0 Å². The number of nitriles is 1. The number of nitrogens with one attached hydrogen (secondary N) is 1. The Kier molecular flexibility index (Phi) is 5.32. The van der Waals surface area contributed by atoms with Crippen LogP contribution in [-0.2, 0) is 10.0 Å². The molecule has 1 saturated carbocycles. The van der Waals surface area contributed by atoms with E-state index in [-0.39, 0.29) is 4.90 Å². The lowest BCUT2D eigenvalue weighted by Crippen LogP contribution is -2.27. The molecule has 0 unspecified atom stereocenters. The van der Waals surface area contributed by atoms with E-state index in [0.717, 1.165) is 25.3 Å². The molecular weight excluding hydrogens is 291 g/mol. The van der Waals surface area contributed by atoms with Crippen molar-refractivity contribution in [2.75, 3.05) is 6.54 Å². The number of benzene rings is 1. The van der Waals surface area contributed by atoms with Crippen LogP contribution in [0.1, 0.15) is 44.1 Å². The van der Waals surface area contributed by atoms with Crippen molar-refractivity contribution < 1.29 is 12.8 Å². The Bertz CT molecular complexity index is 632. The van der Waals surface area contributed by atoms with Gasteiger partial charge in [-0.15, -0.1) is 0 Å². The average molecular weight is 310 g/mol. The Morgan fingerprint density at radius 1 is 1.29 bits per heavy atom. The van der Waals surface area contributed by atoms with Crippen molar-refractivity contribution in [3.05, 3.63) is 29.6 Å². The van der Waals surface area contributed by atoms with E-state index in [9.17, 15) is 12.8 Å². The van der Waals surface area contributed by atoms with Crippen LogP contribution in [-0.4, -0.2) is 15.0 Å². The van der Waals surface area contributed by atoms with E-state index < -0.39 is 21.4 Å². The maximum absolute atomic E-state index is 13.5. The summed E-state index contributed by atoms with van der Waals surface area (Å²) in [6.07, 6.45) is 6.75. The minimum atomic E-state index is -3.84. The summed E-state index contributed by atoms with van der Waals surface area (Å²) in [4.78, 5) is -0.284. The molecule has 114 valence electrons. The van der Waals surface area contributed by atoms with E-state index in [1.54, 1.807) is 6.07 Å². The zero-order valence-corrected chi connectivity index (χ0v) is 12.6. The number of hydrogen-bond donors (Lipinski definition) is 1. The van der Waals surface area contributed by atoms with Gasteiger partial charge in [0.25, 0.3) is 0 Å². The van der Waals surface area contributed by atoms with Gasteiger partial charge in [-0.3, -0.25) is 0 Å². The molecule has 0 amide bonds. The van der Waals surface area contributed by atoms with Crippen LogP contribution in [0.25, 0.3) is 0 Å². The quantitative estimate of drug-likeness (QED) is 0.909. The average Bonchev–Trinajstić information content (AvgIpc) is 2.48. The molecule has 21 heavy (non-hydrogen) atoms. The number of rotatable bonds is 5. The number of hydrogen-bond acceptors (Lipinski definition) is 3. The van der Waals surface area contributed by atoms with Gasteiger partial charge in [-0.2, -0.15) is 5.26 Å². The molecule has 1 aliphatic carbocycles. The second kappa shape index (κ2) is 7.01. The molecule has 0 heterocycles. The Balaban J connectivity index is 2.02. The van der Waals surface area contributed by atoms with Crippen LogP contribution in [0.15, 0.2) is 23.1 Å². The summed E-state index contributed by atoms with van der Waals surface area (Å²) in [5, 5.41) is 8.91. The lowest BCUT2D eigenvalue weighted by molar-refractivity contribution is 0.339. The molecule has 0 bridgehead atoms. The maximum Gasteiger partial charge on any atom is 0.241 e. The highest BCUT2D eigenvalue weighted by Crippen LogP contribution is 2.26. The van der Waals surface area contributed by atoms with Crippen LogP contribution < -0.4 is 4.72 Å². The molecule has 1 N–H and O–H groups in total. The summed E-state index contributed by atoms with van der Waals surface area (Å²) in [7, 11) is -3.84. The summed E-state index contributed by atoms with van der Waals surface area (Å²) < 4.78 is 40.3. The van der Waals surface area contributed by atoms with Crippen molar-refractivity contribution in [1.29, 1.82) is 5.26 Å².